The molecule has 0 spiro atoms. The smallest absolute Gasteiger partial charge is 0.330 e. The van der Waals surface area contributed by atoms with Crippen LogP contribution in [0.3, 0.4) is 0 Å². The molecule has 11 nitrogen and oxygen atoms in total. The minimum Gasteiger partial charge on any atom is -0.497 e. The summed E-state index contributed by atoms with van der Waals surface area (Å²) in [5, 5.41) is 16.4. The van der Waals surface area contributed by atoms with Crippen molar-refractivity contribution in [3.05, 3.63) is 67.3 Å². The molecule has 5 atom stereocenters. The van der Waals surface area contributed by atoms with Gasteiger partial charge in [-0.1, -0.05) is 78.0 Å². The minimum atomic E-state index is -1.48. The summed E-state index contributed by atoms with van der Waals surface area (Å²) < 4.78 is 12.1. The highest BCUT2D eigenvalue weighted by Crippen LogP contribution is 2.45. The zero-order valence-corrected chi connectivity index (χ0v) is 29.2. The number of fused-ring (bicyclic) bond motifs is 1. The summed E-state index contributed by atoms with van der Waals surface area (Å²) in [7, 11) is 1.58. The van der Waals surface area contributed by atoms with E-state index in [4.69, 9.17) is 14.5 Å². The highest BCUT2D eigenvalue weighted by Gasteiger charge is 2.61. The van der Waals surface area contributed by atoms with E-state index in [0.717, 1.165) is 5.56 Å². The molecule has 2 aliphatic rings. The second-order valence-electron chi connectivity index (χ2n) is 15.1. The number of methoxy groups -OCH3 is 1. The number of rotatable bonds is 10. The minimum absolute atomic E-state index is 0.0283. The van der Waals surface area contributed by atoms with Crippen LogP contribution in [0, 0.1) is 16.7 Å². The molecule has 49 heavy (non-hydrogen) atoms. The van der Waals surface area contributed by atoms with Crippen LogP contribution in [0.25, 0.3) is 22.2 Å². The fourth-order valence-corrected chi connectivity index (χ4v) is 6.19. The van der Waals surface area contributed by atoms with Gasteiger partial charge in [0.05, 0.1) is 24.9 Å². The number of carbonyl (C=O) groups excluding carboxylic acids is 3. The third-order valence-electron chi connectivity index (χ3n) is 9.29. The number of carboxylic acid groups (broad SMARTS) is 1. The molecule has 3 aromatic rings. The predicted molar refractivity (Wildman–Crippen MR) is 186 cm³/mol. The molecule has 0 radical (unpaired) electrons. The van der Waals surface area contributed by atoms with Crippen molar-refractivity contribution in [3.63, 3.8) is 0 Å². The van der Waals surface area contributed by atoms with E-state index in [1.807, 2.05) is 75.4 Å². The Bertz CT molecular complexity index is 1780. The van der Waals surface area contributed by atoms with Crippen LogP contribution in [0.4, 0.5) is 0 Å². The van der Waals surface area contributed by atoms with E-state index in [-0.39, 0.29) is 25.3 Å². The van der Waals surface area contributed by atoms with Crippen LogP contribution in [0.1, 0.15) is 54.4 Å². The van der Waals surface area contributed by atoms with Crippen molar-refractivity contribution in [2.45, 2.75) is 78.1 Å². The first-order valence-corrected chi connectivity index (χ1v) is 16.5. The Morgan fingerprint density at radius 3 is 2.33 bits per heavy atom. The molecule has 0 bridgehead atoms. The number of ether oxygens (including phenoxy) is 2. The molecule has 2 fully saturated rings. The van der Waals surface area contributed by atoms with Gasteiger partial charge in [0.25, 0.3) is 0 Å². The standard InChI is InChI=1S/C38H46N4O7/c1-9-23-20-38(23,35(46)47)41-32(43)29-18-25(21-42(29)33(44)31(36(2,3)4)40-34(45)37(5,6)7)49-30-19-27(22-13-11-10-12-14-22)39-28-17-24(48-8)15-16-26(28)30/h9-17,19,23,25,29,31H,1,18,20-21H2,2-8H3,(H,40,45)(H,41,43)(H,46,47)/t23?,25-,29+,31-,38?/m1/s1. The van der Waals surface area contributed by atoms with Gasteiger partial charge in [-0.25, -0.2) is 9.78 Å². The highest BCUT2D eigenvalue weighted by atomic mass is 16.5. The summed E-state index contributed by atoms with van der Waals surface area (Å²) in [6.45, 7) is 14.6. The first-order valence-electron chi connectivity index (χ1n) is 16.5. The molecule has 1 aliphatic carbocycles. The number of pyridine rings is 1. The zero-order valence-electron chi connectivity index (χ0n) is 29.2. The average Bonchev–Trinajstić information content (AvgIpc) is 3.61. The summed E-state index contributed by atoms with van der Waals surface area (Å²) in [6.07, 6.45) is 1.17. The number of amides is 3. The largest absolute Gasteiger partial charge is 0.497 e. The Kier molecular flexibility index (Phi) is 9.51. The molecular formula is C38H46N4O7. The van der Waals surface area contributed by atoms with Crippen LogP contribution < -0.4 is 20.1 Å². The van der Waals surface area contributed by atoms with Gasteiger partial charge in [0.1, 0.15) is 35.2 Å². The van der Waals surface area contributed by atoms with Gasteiger partial charge in [0, 0.05) is 40.8 Å². The first-order chi connectivity index (χ1) is 23.0. The summed E-state index contributed by atoms with van der Waals surface area (Å²) in [5.41, 5.74) is -0.779. The summed E-state index contributed by atoms with van der Waals surface area (Å²) in [4.78, 5) is 60.1. The molecule has 2 heterocycles. The van der Waals surface area contributed by atoms with E-state index in [2.05, 4.69) is 17.2 Å². The van der Waals surface area contributed by atoms with Gasteiger partial charge in [0.15, 0.2) is 0 Å². The predicted octanol–water partition coefficient (Wildman–Crippen LogP) is 4.98. The Morgan fingerprint density at radius 2 is 1.76 bits per heavy atom. The Balaban J connectivity index is 1.52. The lowest BCUT2D eigenvalue weighted by atomic mass is 9.84. The summed E-state index contributed by atoms with van der Waals surface area (Å²) in [5.74, 6) is -1.82. The van der Waals surface area contributed by atoms with Gasteiger partial charge in [0.2, 0.25) is 17.7 Å². The van der Waals surface area contributed by atoms with Crippen molar-refractivity contribution in [3.8, 4) is 22.8 Å². The molecule has 1 aromatic heterocycles. The number of hydrogen-bond donors (Lipinski definition) is 3. The summed E-state index contributed by atoms with van der Waals surface area (Å²) in [6, 6.07) is 14.9. The molecule has 1 saturated carbocycles. The molecule has 1 saturated heterocycles. The SMILES string of the molecule is C=CC1CC1(NC(=O)[C@@H]1C[C@@H](Oc2cc(-c3ccccc3)nc3cc(OC)ccc23)CN1C(=O)[C@@H](NC(=O)C(C)(C)C)C(C)(C)C)C(=O)O. The Hall–Kier alpha value is -4.93. The molecule has 3 N–H and O–H groups in total. The van der Waals surface area contributed by atoms with Crippen LogP contribution in [-0.2, 0) is 19.2 Å². The van der Waals surface area contributed by atoms with Crippen LogP contribution in [-0.4, -0.2) is 76.1 Å². The van der Waals surface area contributed by atoms with Crippen molar-refractivity contribution in [2.24, 2.45) is 16.7 Å². The quantitative estimate of drug-likeness (QED) is 0.256. The number of likely N-dealkylation sites (tertiary alicyclic amines) is 1. The molecule has 2 unspecified atom stereocenters. The number of nitrogens with zero attached hydrogens (tertiary/aromatic N) is 2. The maximum atomic E-state index is 14.4. The number of nitrogens with one attached hydrogen (secondary N) is 2. The fraction of sp³-hybridized carbons (Fsp3) is 0.447. The zero-order chi connectivity index (χ0) is 35.9. The Morgan fingerprint density at radius 1 is 1.06 bits per heavy atom. The van der Waals surface area contributed by atoms with E-state index >= 15 is 0 Å². The van der Waals surface area contributed by atoms with E-state index in [9.17, 15) is 24.3 Å². The van der Waals surface area contributed by atoms with E-state index in [1.165, 1.54) is 11.0 Å². The van der Waals surface area contributed by atoms with Crippen molar-refractivity contribution >= 4 is 34.6 Å². The number of carbonyl (C=O) groups is 4. The van der Waals surface area contributed by atoms with Gasteiger partial charge in [-0.2, -0.15) is 0 Å². The normalized spacial score (nSPS) is 22.6. The maximum Gasteiger partial charge on any atom is 0.330 e. The van der Waals surface area contributed by atoms with Gasteiger partial charge < -0.3 is 30.1 Å². The van der Waals surface area contributed by atoms with Gasteiger partial charge in [-0.3, -0.25) is 14.4 Å². The molecule has 1 aliphatic heterocycles. The third-order valence-corrected chi connectivity index (χ3v) is 9.29. The first kappa shape index (κ1) is 35.4. The van der Waals surface area contributed by atoms with Crippen molar-refractivity contribution < 1.29 is 33.8 Å². The van der Waals surface area contributed by atoms with Crippen LogP contribution in [0.5, 0.6) is 11.5 Å². The van der Waals surface area contributed by atoms with Gasteiger partial charge in [-0.05, 0) is 24.0 Å². The topological polar surface area (TPSA) is 147 Å². The lowest BCUT2D eigenvalue weighted by Gasteiger charge is -2.36. The molecule has 2 aromatic carbocycles. The number of aromatic nitrogens is 1. The average molecular weight is 671 g/mol. The number of benzene rings is 2. The van der Waals surface area contributed by atoms with Crippen LogP contribution in [0.2, 0.25) is 0 Å². The monoisotopic (exact) mass is 670 g/mol. The lowest BCUT2D eigenvalue weighted by molar-refractivity contribution is -0.147. The van der Waals surface area contributed by atoms with E-state index < -0.39 is 58.3 Å². The molecule has 3 amide bonds. The lowest BCUT2D eigenvalue weighted by Crippen LogP contribution is -2.60. The number of carboxylic acids is 1. The molecule has 260 valence electrons. The van der Waals surface area contributed by atoms with Gasteiger partial charge >= 0.3 is 5.97 Å². The van der Waals surface area contributed by atoms with Crippen molar-refractivity contribution in [1.82, 2.24) is 20.5 Å². The van der Waals surface area contributed by atoms with Crippen LogP contribution in [0.15, 0.2) is 67.3 Å². The summed E-state index contributed by atoms with van der Waals surface area (Å²) >= 11 is 0. The van der Waals surface area contributed by atoms with Crippen molar-refractivity contribution in [2.75, 3.05) is 13.7 Å². The third kappa shape index (κ3) is 7.25. The maximum absolute atomic E-state index is 14.4. The van der Waals surface area contributed by atoms with Crippen molar-refractivity contribution in [1.29, 1.82) is 0 Å². The molecular weight excluding hydrogens is 624 g/mol. The second kappa shape index (κ2) is 13.2. The molecule has 11 heteroatoms. The number of aliphatic carboxylic acids is 1. The van der Waals surface area contributed by atoms with Crippen LogP contribution >= 0.6 is 0 Å². The second-order valence-corrected chi connectivity index (χ2v) is 15.1. The fourth-order valence-electron chi connectivity index (χ4n) is 6.19. The number of hydrogen-bond acceptors (Lipinski definition) is 7. The molecule has 5 rings (SSSR count). The van der Waals surface area contributed by atoms with Gasteiger partial charge in [-0.15, -0.1) is 6.58 Å². The van der Waals surface area contributed by atoms with E-state index in [0.29, 0.717) is 28.1 Å². The Labute approximate surface area is 287 Å². The van der Waals surface area contributed by atoms with E-state index in [1.54, 1.807) is 27.9 Å². The highest BCUT2D eigenvalue weighted by molar-refractivity contribution is 5.97.